The van der Waals surface area contributed by atoms with E-state index in [4.69, 9.17) is 21.3 Å². The van der Waals surface area contributed by atoms with Crippen LogP contribution in [0.1, 0.15) is 38.2 Å². The van der Waals surface area contributed by atoms with Crippen molar-refractivity contribution in [2.75, 3.05) is 18.1 Å². The largest absolute Gasteiger partial charge is 0.376 e. The molecule has 1 aromatic heterocycles. The molecule has 23 heavy (non-hydrogen) atoms. The van der Waals surface area contributed by atoms with Gasteiger partial charge in [-0.05, 0) is 37.8 Å². The standard InChI is InChI=1S/C17H21ClN2O2S/c1-3-5-14(21)20(10-12-6-4-9-22-12)17-19-15-11(2)7-8-13(18)16(15)23-17/h7-8,12H,3-6,9-10H2,1-2H3. The van der Waals surface area contributed by atoms with E-state index < -0.39 is 0 Å². The third-order valence-electron chi connectivity index (χ3n) is 4.09. The average molecular weight is 353 g/mol. The van der Waals surface area contributed by atoms with Gasteiger partial charge in [-0.15, -0.1) is 0 Å². The van der Waals surface area contributed by atoms with E-state index in [2.05, 4.69) is 0 Å². The second kappa shape index (κ2) is 7.16. The zero-order valence-corrected chi connectivity index (χ0v) is 15.0. The van der Waals surface area contributed by atoms with Gasteiger partial charge in [-0.3, -0.25) is 9.69 Å². The van der Waals surface area contributed by atoms with Crippen molar-refractivity contribution in [3.63, 3.8) is 0 Å². The smallest absolute Gasteiger partial charge is 0.228 e. The summed E-state index contributed by atoms with van der Waals surface area (Å²) in [5, 5.41) is 1.42. The van der Waals surface area contributed by atoms with Crippen LogP contribution in [0, 0.1) is 6.92 Å². The molecule has 1 aliphatic rings. The van der Waals surface area contributed by atoms with E-state index in [1.54, 1.807) is 4.90 Å². The number of nitrogens with zero attached hydrogens (tertiary/aromatic N) is 2. The first-order valence-corrected chi connectivity index (χ1v) is 9.27. The molecular weight excluding hydrogens is 332 g/mol. The summed E-state index contributed by atoms with van der Waals surface area (Å²) in [4.78, 5) is 19.1. The Labute approximate surface area is 145 Å². The molecule has 2 heterocycles. The monoisotopic (exact) mass is 352 g/mol. The third-order valence-corrected chi connectivity index (χ3v) is 5.63. The summed E-state index contributed by atoms with van der Waals surface area (Å²) in [6.07, 6.45) is 3.52. The van der Waals surface area contributed by atoms with Crippen molar-refractivity contribution in [3.8, 4) is 0 Å². The van der Waals surface area contributed by atoms with Crippen LogP contribution >= 0.6 is 22.9 Å². The van der Waals surface area contributed by atoms with Crippen molar-refractivity contribution in [2.24, 2.45) is 0 Å². The fourth-order valence-corrected chi connectivity index (χ4v) is 4.18. The number of carbonyl (C=O) groups excluding carboxylic acids is 1. The number of hydrogen-bond donors (Lipinski definition) is 0. The van der Waals surface area contributed by atoms with Crippen molar-refractivity contribution < 1.29 is 9.53 Å². The van der Waals surface area contributed by atoms with Crippen LogP contribution in [0.4, 0.5) is 5.13 Å². The predicted molar refractivity (Wildman–Crippen MR) is 95.6 cm³/mol. The Morgan fingerprint density at radius 2 is 2.35 bits per heavy atom. The van der Waals surface area contributed by atoms with Gasteiger partial charge in [-0.25, -0.2) is 4.98 Å². The molecule has 0 bridgehead atoms. The van der Waals surface area contributed by atoms with Crippen molar-refractivity contribution in [2.45, 2.75) is 45.6 Å². The molecule has 0 aliphatic carbocycles. The lowest BCUT2D eigenvalue weighted by Gasteiger charge is -2.22. The molecule has 1 unspecified atom stereocenters. The van der Waals surface area contributed by atoms with E-state index in [-0.39, 0.29) is 12.0 Å². The lowest BCUT2D eigenvalue weighted by molar-refractivity contribution is -0.119. The molecule has 2 aromatic rings. The highest BCUT2D eigenvalue weighted by Gasteiger charge is 2.26. The van der Waals surface area contributed by atoms with Crippen LogP contribution in [0.25, 0.3) is 10.2 Å². The van der Waals surface area contributed by atoms with E-state index in [0.717, 1.165) is 46.8 Å². The molecule has 3 rings (SSSR count). The number of fused-ring (bicyclic) bond motifs is 1. The van der Waals surface area contributed by atoms with Gasteiger partial charge in [0.05, 0.1) is 27.9 Å². The maximum Gasteiger partial charge on any atom is 0.228 e. The normalized spacial score (nSPS) is 17.8. The SMILES string of the molecule is CCCC(=O)N(CC1CCCO1)c1nc2c(C)ccc(Cl)c2s1. The lowest BCUT2D eigenvalue weighted by Crippen LogP contribution is -2.37. The first-order chi connectivity index (χ1) is 11.1. The van der Waals surface area contributed by atoms with E-state index in [9.17, 15) is 4.79 Å². The van der Waals surface area contributed by atoms with Crippen LogP contribution in [0.3, 0.4) is 0 Å². The minimum absolute atomic E-state index is 0.107. The number of amides is 1. The Kier molecular flexibility index (Phi) is 5.19. The summed E-state index contributed by atoms with van der Waals surface area (Å²) in [5.74, 6) is 0.107. The first-order valence-electron chi connectivity index (χ1n) is 8.07. The van der Waals surface area contributed by atoms with Crippen LogP contribution in [0.15, 0.2) is 12.1 Å². The van der Waals surface area contributed by atoms with Crippen molar-refractivity contribution in [1.29, 1.82) is 0 Å². The summed E-state index contributed by atoms with van der Waals surface area (Å²) < 4.78 is 6.66. The molecule has 6 heteroatoms. The molecule has 1 amide bonds. The van der Waals surface area contributed by atoms with Crippen LogP contribution in [0.5, 0.6) is 0 Å². The second-order valence-electron chi connectivity index (χ2n) is 5.93. The maximum absolute atomic E-state index is 12.6. The number of ether oxygens (including phenoxy) is 1. The Morgan fingerprint density at radius 1 is 1.52 bits per heavy atom. The van der Waals surface area contributed by atoms with Gasteiger partial charge >= 0.3 is 0 Å². The number of benzene rings is 1. The molecule has 0 radical (unpaired) electrons. The second-order valence-corrected chi connectivity index (χ2v) is 7.31. The summed E-state index contributed by atoms with van der Waals surface area (Å²) in [6, 6.07) is 3.85. The number of anilines is 1. The molecule has 0 N–H and O–H groups in total. The molecule has 1 fully saturated rings. The summed E-state index contributed by atoms with van der Waals surface area (Å²) in [6.45, 7) is 5.39. The predicted octanol–water partition coefficient (Wildman–Crippen LogP) is 4.57. The molecule has 1 aromatic carbocycles. The molecule has 0 saturated carbocycles. The fourth-order valence-electron chi connectivity index (χ4n) is 2.83. The number of aromatic nitrogens is 1. The zero-order chi connectivity index (χ0) is 16.4. The van der Waals surface area contributed by atoms with Crippen molar-refractivity contribution in [1.82, 2.24) is 4.98 Å². The molecule has 0 spiro atoms. The highest BCUT2D eigenvalue weighted by Crippen LogP contribution is 2.36. The Bertz CT molecular complexity index is 671. The summed E-state index contributed by atoms with van der Waals surface area (Å²) in [5.41, 5.74) is 1.96. The number of carbonyl (C=O) groups is 1. The van der Waals surface area contributed by atoms with Crippen molar-refractivity contribution >= 4 is 44.2 Å². The van der Waals surface area contributed by atoms with Crippen LogP contribution < -0.4 is 4.90 Å². The topological polar surface area (TPSA) is 42.4 Å². The quantitative estimate of drug-likeness (QED) is 0.791. The van der Waals surface area contributed by atoms with E-state index in [1.165, 1.54) is 11.3 Å². The zero-order valence-electron chi connectivity index (χ0n) is 13.5. The van der Waals surface area contributed by atoms with E-state index in [1.807, 2.05) is 26.0 Å². The van der Waals surface area contributed by atoms with Gasteiger partial charge < -0.3 is 4.74 Å². The van der Waals surface area contributed by atoms with Gasteiger partial charge in [0, 0.05) is 13.0 Å². The summed E-state index contributed by atoms with van der Waals surface area (Å²) in [7, 11) is 0. The number of rotatable bonds is 5. The molecule has 124 valence electrons. The first kappa shape index (κ1) is 16.7. The number of hydrogen-bond acceptors (Lipinski definition) is 4. The molecule has 1 aliphatic heterocycles. The number of thiazole rings is 1. The number of aryl methyl sites for hydroxylation is 1. The molecule has 1 atom stereocenters. The van der Waals surface area contributed by atoms with E-state index >= 15 is 0 Å². The van der Waals surface area contributed by atoms with Gasteiger partial charge in [-0.1, -0.05) is 35.9 Å². The molecule has 1 saturated heterocycles. The maximum atomic E-state index is 12.6. The Balaban J connectivity index is 1.96. The minimum atomic E-state index is 0.107. The highest BCUT2D eigenvalue weighted by molar-refractivity contribution is 7.23. The highest BCUT2D eigenvalue weighted by atomic mass is 35.5. The third kappa shape index (κ3) is 3.52. The lowest BCUT2D eigenvalue weighted by atomic mass is 10.2. The van der Waals surface area contributed by atoms with Gasteiger partial charge in [0.1, 0.15) is 0 Å². The molecular formula is C17H21ClN2O2S. The Hall–Kier alpha value is -1.17. The number of halogens is 1. The van der Waals surface area contributed by atoms with Crippen LogP contribution in [-0.2, 0) is 9.53 Å². The Morgan fingerprint density at radius 3 is 3.00 bits per heavy atom. The average Bonchev–Trinajstić information content (AvgIpc) is 3.18. The summed E-state index contributed by atoms with van der Waals surface area (Å²) >= 11 is 7.79. The molecule has 4 nitrogen and oxygen atoms in total. The van der Waals surface area contributed by atoms with Crippen LogP contribution in [0.2, 0.25) is 5.02 Å². The van der Waals surface area contributed by atoms with Crippen molar-refractivity contribution in [3.05, 3.63) is 22.7 Å². The van der Waals surface area contributed by atoms with Gasteiger partial charge in [0.15, 0.2) is 5.13 Å². The van der Waals surface area contributed by atoms with Gasteiger partial charge in [0.2, 0.25) is 5.91 Å². The van der Waals surface area contributed by atoms with E-state index in [0.29, 0.717) is 18.0 Å². The fraction of sp³-hybridized carbons (Fsp3) is 0.529. The van der Waals surface area contributed by atoms with Gasteiger partial charge in [0.25, 0.3) is 0 Å². The van der Waals surface area contributed by atoms with Crippen LogP contribution in [-0.4, -0.2) is 30.1 Å². The van der Waals surface area contributed by atoms with Gasteiger partial charge in [-0.2, -0.15) is 0 Å². The minimum Gasteiger partial charge on any atom is -0.376 e.